The highest BCUT2D eigenvalue weighted by molar-refractivity contribution is 5.77. The summed E-state index contributed by atoms with van der Waals surface area (Å²) in [6, 6.07) is 1.23. The van der Waals surface area contributed by atoms with Crippen molar-refractivity contribution in [2.45, 2.75) is 37.8 Å². The monoisotopic (exact) mass is 212 g/mol. The fourth-order valence-electron chi connectivity index (χ4n) is 2.96. The Morgan fingerprint density at radius 1 is 1.33 bits per heavy atom. The van der Waals surface area contributed by atoms with E-state index in [0.29, 0.717) is 12.1 Å². The van der Waals surface area contributed by atoms with Gasteiger partial charge in [0, 0.05) is 25.0 Å². The second kappa shape index (κ2) is 4.10. The first-order valence-corrected chi connectivity index (χ1v) is 5.67. The molecule has 0 saturated carbocycles. The number of carbonyl (C=O) groups is 1. The summed E-state index contributed by atoms with van der Waals surface area (Å²) in [5, 5.41) is 1.37. The number of hydrogen-bond donors (Lipinski definition) is 0. The fraction of sp³-hybridized carbons (Fsp3) is 0.909. The lowest BCUT2D eigenvalue weighted by atomic mass is 9.90. The number of piperidine rings is 1. The van der Waals surface area contributed by atoms with Gasteiger partial charge >= 0.3 is 0 Å². The number of hydroxylamine groups is 2. The molecule has 0 aromatic carbocycles. The molecule has 0 aromatic heterocycles. The molecule has 2 aliphatic heterocycles. The second-order valence-corrected chi connectivity index (χ2v) is 4.74. The molecular weight excluding hydrogens is 192 g/mol. The van der Waals surface area contributed by atoms with Gasteiger partial charge in [-0.25, -0.2) is 5.06 Å². The lowest BCUT2D eigenvalue weighted by Gasteiger charge is -2.36. The van der Waals surface area contributed by atoms with Crippen LogP contribution in [0.5, 0.6) is 0 Å². The van der Waals surface area contributed by atoms with Crippen molar-refractivity contribution in [1.82, 2.24) is 9.96 Å². The highest BCUT2D eigenvalue weighted by Gasteiger charge is 2.41. The first-order chi connectivity index (χ1) is 7.13. The molecule has 2 saturated heterocycles. The van der Waals surface area contributed by atoms with Crippen LogP contribution in [0.25, 0.3) is 0 Å². The van der Waals surface area contributed by atoms with Crippen molar-refractivity contribution in [3.05, 3.63) is 0 Å². The first-order valence-electron chi connectivity index (χ1n) is 5.67. The maximum Gasteiger partial charge on any atom is 0.249 e. The summed E-state index contributed by atoms with van der Waals surface area (Å²) in [6.45, 7) is 0. The quantitative estimate of drug-likeness (QED) is 0.637. The molecule has 15 heavy (non-hydrogen) atoms. The van der Waals surface area contributed by atoms with Gasteiger partial charge in [-0.2, -0.15) is 0 Å². The van der Waals surface area contributed by atoms with Gasteiger partial charge in [0.1, 0.15) is 0 Å². The van der Waals surface area contributed by atoms with Crippen LogP contribution in [0.3, 0.4) is 0 Å². The van der Waals surface area contributed by atoms with Crippen LogP contribution in [0.15, 0.2) is 0 Å². The molecule has 2 bridgehead atoms. The van der Waals surface area contributed by atoms with Crippen LogP contribution in [-0.2, 0) is 9.63 Å². The van der Waals surface area contributed by atoms with E-state index in [1.54, 1.807) is 14.2 Å². The minimum atomic E-state index is 0.141. The van der Waals surface area contributed by atoms with E-state index in [4.69, 9.17) is 4.84 Å². The van der Waals surface area contributed by atoms with Crippen LogP contribution in [-0.4, -0.2) is 49.2 Å². The zero-order valence-corrected chi connectivity index (χ0v) is 9.77. The van der Waals surface area contributed by atoms with Gasteiger partial charge in [0.05, 0.1) is 7.11 Å². The van der Waals surface area contributed by atoms with Crippen LogP contribution in [0, 0.1) is 5.92 Å². The molecule has 0 aromatic rings. The fourth-order valence-corrected chi connectivity index (χ4v) is 2.96. The Morgan fingerprint density at radius 3 is 2.33 bits per heavy atom. The minimum absolute atomic E-state index is 0.141. The van der Waals surface area contributed by atoms with Crippen molar-refractivity contribution in [1.29, 1.82) is 0 Å². The average Bonchev–Trinajstić information content (AvgIpc) is 2.50. The lowest BCUT2D eigenvalue weighted by molar-refractivity contribution is -0.175. The van der Waals surface area contributed by atoms with Crippen LogP contribution in [0.1, 0.15) is 25.7 Å². The van der Waals surface area contributed by atoms with Crippen molar-refractivity contribution in [3.63, 3.8) is 0 Å². The molecule has 86 valence electrons. The molecule has 1 amide bonds. The van der Waals surface area contributed by atoms with E-state index in [2.05, 4.69) is 11.9 Å². The zero-order chi connectivity index (χ0) is 11.0. The lowest BCUT2D eigenvalue weighted by Crippen LogP contribution is -2.45. The van der Waals surface area contributed by atoms with Crippen molar-refractivity contribution < 1.29 is 9.63 Å². The van der Waals surface area contributed by atoms with Crippen LogP contribution < -0.4 is 0 Å². The average molecular weight is 212 g/mol. The SMILES string of the molecule is CON(C)C(=O)C1CC2CCC(C1)N2C. The third-order valence-electron chi connectivity index (χ3n) is 4.03. The van der Waals surface area contributed by atoms with Gasteiger partial charge in [-0.05, 0) is 32.7 Å². The van der Waals surface area contributed by atoms with E-state index in [1.807, 2.05) is 0 Å². The summed E-state index contributed by atoms with van der Waals surface area (Å²) < 4.78 is 0. The first kappa shape index (κ1) is 10.9. The van der Waals surface area contributed by atoms with Crippen molar-refractivity contribution >= 4 is 5.91 Å². The molecule has 2 atom stereocenters. The van der Waals surface area contributed by atoms with E-state index in [9.17, 15) is 4.79 Å². The van der Waals surface area contributed by atoms with E-state index >= 15 is 0 Å². The molecule has 2 heterocycles. The van der Waals surface area contributed by atoms with Crippen molar-refractivity contribution in [3.8, 4) is 0 Å². The normalized spacial score (nSPS) is 35.5. The second-order valence-electron chi connectivity index (χ2n) is 4.74. The minimum Gasteiger partial charge on any atom is -0.300 e. The number of fused-ring (bicyclic) bond motifs is 2. The van der Waals surface area contributed by atoms with Crippen LogP contribution in [0.2, 0.25) is 0 Å². The summed E-state index contributed by atoms with van der Waals surface area (Å²) in [7, 11) is 5.42. The van der Waals surface area contributed by atoms with Crippen LogP contribution in [0.4, 0.5) is 0 Å². The molecule has 0 aliphatic carbocycles. The van der Waals surface area contributed by atoms with Crippen molar-refractivity contribution in [2.24, 2.45) is 5.92 Å². The highest BCUT2D eigenvalue weighted by Crippen LogP contribution is 2.37. The number of carbonyl (C=O) groups excluding carboxylic acids is 1. The Morgan fingerprint density at radius 2 is 1.87 bits per heavy atom. The molecule has 0 spiro atoms. The Hall–Kier alpha value is -0.610. The number of rotatable bonds is 2. The summed E-state index contributed by atoms with van der Waals surface area (Å²) in [5.74, 6) is 0.311. The molecule has 0 radical (unpaired) electrons. The van der Waals surface area contributed by atoms with E-state index in [-0.39, 0.29) is 11.8 Å². The molecule has 2 aliphatic rings. The summed E-state index contributed by atoms with van der Waals surface area (Å²) >= 11 is 0. The predicted octanol–water partition coefficient (Wildman–Crippen LogP) is 0.879. The standard InChI is InChI=1S/C11H20N2O2/c1-12-9-4-5-10(12)7-8(6-9)11(14)13(2)15-3/h8-10H,4-7H2,1-3H3. The Kier molecular flexibility index (Phi) is 2.98. The van der Waals surface area contributed by atoms with Gasteiger partial charge in [-0.15, -0.1) is 0 Å². The van der Waals surface area contributed by atoms with Gasteiger partial charge in [0.15, 0.2) is 0 Å². The van der Waals surface area contributed by atoms with Gasteiger partial charge in [-0.1, -0.05) is 0 Å². The number of nitrogens with zero attached hydrogens (tertiary/aromatic N) is 2. The maximum atomic E-state index is 11.9. The Labute approximate surface area is 91.1 Å². The molecule has 0 N–H and O–H groups in total. The smallest absolute Gasteiger partial charge is 0.249 e. The van der Waals surface area contributed by atoms with E-state index in [0.717, 1.165) is 12.8 Å². The maximum absolute atomic E-state index is 11.9. The largest absolute Gasteiger partial charge is 0.300 e. The molecule has 4 heteroatoms. The summed E-state index contributed by atoms with van der Waals surface area (Å²) in [6.07, 6.45) is 4.50. The molecule has 2 rings (SSSR count). The van der Waals surface area contributed by atoms with Crippen LogP contribution >= 0.6 is 0 Å². The van der Waals surface area contributed by atoms with Gasteiger partial charge in [0.2, 0.25) is 5.91 Å². The molecule has 2 unspecified atom stereocenters. The predicted molar refractivity (Wildman–Crippen MR) is 57.1 cm³/mol. The topological polar surface area (TPSA) is 32.8 Å². The van der Waals surface area contributed by atoms with Gasteiger partial charge in [0.25, 0.3) is 0 Å². The molecule has 2 fully saturated rings. The van der Waals surface area contributed by atoms with E-state index in [1.165, 1.54) is 17.9 Å². The molecule has 4 nitrogen and oxygen atoms in total. The molecular formula is C11H20N2O2. The van der Waals surface area contributed by atoms with Crippen molar-refractivity contribution in [2.75, 3.05) is 21.2 Å². The summed E-state index contributed by atoms with van der Waals surface area (Å²) in [4.78, 5) is 19.3. The van der Waals surface area contributed by atoms with E-state index < -0.39 is 0 Å². The highest BCUT2D eigenvalue weighted by atomic mass is 16.7. The third-order valence-corrected chi connectivity index (χ3v) is 4.03. The van der Waals surface area contributed by atoms with Gasteiger partial charge in [-0.3, -0.25) is 9.63 Å². The Balaban J connectivity index is 1.99. The number of hydrogen-bond acceptors (Lipinski definition) is 3. The third kappa shape index (κ3) is 1.88. The zero-order valence-electron chi connectivity index (χ0n) is 9.77. The summed E-state index contributed by atoms with van der Waals surface area (Å²) in [5.41, 5.74) is 0. The number of amides is 1. The van der Waals surface area contributed by atoms with Gasteiger partial charge < -0.3 is 4.90 Å². The Bertz CT molecular complexity index is 243.